The maximum Gasteiger partial charge on any atom is 0.320 e. The molecule has 0 unspecified atom stereocenters. The third-order valence-corrected chi connectivity index (χ3v) is 1.56. The smallest absolute Gasteiger partial charge is 0.320 e. The number of carboxylic acid groups (broad SMARTS) is 1. The molecule has 0 radical (unpaired) electrons. The van der Waals surface area contributed by atoms with Crippen LogP contribution in [0.3, 0.4) is 0 Å². The summed E-state index contributed by atoms with van der Waals surface area (Å²) < 4.78 is 0. The number of aliphatic hydroxyl groups is 1. The lowest BCUT2D eigenvalue weighted by Gasteiger charge is -2.03. The van der Waals surface area contributed by atoms with E-state index in [9.17, 15) is 4.79 Å². The monoisotopic (exact) mass is 285 g/mol. The number of carbonyl (C=O) groups is 1. The molecule has 5 N–H and O–H groups in total. The summed E-state index contributed by atoms with van der Waals surface area (Å²) in [5.74, 6) is -0.892. The number of carboxylic acids is 1. The molecule has 1 atom stereocenters. The molecule has 0 aromatic rings. The highest BCUT2D eigenvalue weighted by atomic mass is 17.1. The first kappa shape index (κ1) is 26.6. The van der Waals surface area contributed by atoms with Gasteiger partial charge in [0.05, 0.1) is 13.7 Å². The van der Waals surface area contributed by atoms with Crippen molar-refractivity contribution >= 4 is 5.97 Å². The van der Waals surface area contributed by atoms with E-state index >= 15 is 0 Å². The summed E-state index contributed by atoms with van der Waals surface area (Å²) in [6, 6.07) is -0.661. The summed E-state index contributed by atoms with van der Waals surface area (Å²) in [5, 5.41) is 23.2. The van der Waals surface area contributed by atoms with E-state index in [1.807, 2.05) is 13.8 Å². The highest BCUT2D eigenvalue weighted by Crippen LogP contribution is 2.01. The van der Waals surface area contributed by atoms with E-state index in [4.69, 9.17) is 21.2 Å². The Morgan fingerprint density at radius 3 is 2.05 bits per heavy atom. The fourth-order valence-corrected chi connectivity index (χ4v) is 0.738. The van der Waals surface area contributed by atoms with Crippen molar-refractivity contribution in [2.24, 2.45) is 5.73 Å². The average Bonchev–Trinajstić information content (AvgIpc) is 2.42. The van der Waals surface area contributed by atoms with Crippen molar-refractivity contribution in [3.8, 4) is 0 Å². The molecule has 0 saturated carbocycles. The van der Waals surface area contributed by atoms with Crippen LogP contribution in [0.15, 0.2) is 12.7 Å². The quantitative estimate of drug-likeness (QED) is 0.258. The molecule has 0 fully saturated rings. The van der Waals surface area contributed by atoms with Gasteiger partial charge in [0.25, 0.3) is 0 Å². The summed E-state index contributed by atoms with van der Waals surface area (Å²) >= 11 is 0. The van der Waals surface area contributed by atoms with Gasteiger partial charge in [0.1, 0.15) is 6.04 Å². The van der Waals surface area contributed by atoms with E-state index in [0.29, 0.717) is 6.42 Å². The Balaban J connectivity index is -0.0000000434. The molecule has 0 rings (SSSR count). The predicted molar refractivity (Wildman–Crippen MR) is 82.2 cm³/mol. The van der Waals surface area contributed by atoms with Gasteiger partial charge in [-0.05, 0) is 6.42 Å². The minimum atomic E-state index is -0.892. The normalized spacial score (nSPS) is 9.42. The molecule has 0 saturated heterocycles. The van der Waals surface area contributed by atoms with Gasteiger partial charge in [-0.2, -0.15) is 0 Å². The lowest BCUT2D eigenvalue weighted by molar-refractivity contribution is -0.214. The Labute approximate surface area is 119 Å². The van der Waals surface area contributed by atoms with Crippen LogP contribution in [0.4, 0.5) is 0 Å². The lowest BCUT2D eigenvalue weighted by Crippen LogP contribution is -2.29. The number of hydrogen-bond donors (Lipinski definition) is 4. The molecular weight excluding hydrogens is 250 g/mol. The summed E-state index contributed by atoms with van der Waals surface area (Å²) in [6.07, 6.45) is 5.13. The molecule has 0 aliphatic carbocycles. The van der Waals surface area contributed by atoms with Crippen LogP contribution in [0.2, 0.25) is 0 Å². The molecule has 122 valence electrons. The number of unbranched alkanes of at least 4 members (excludes halogenated alkanes) is 2. The molecular formula is C13H35NO5. The molecule has 0 bridgehead atoms. The Kier molecular flexibility index (Phi) is 42.3. The molecule has 0 spiro atoms. The van der Waals surface area contributed by atoms with Crippen molar-refractivity contribution in [2.75, 3.05) is 13.7 Å². The molecule has 0 aromatic heterocycles. The first-order chi connectivity index (χ1) is 9.01. The lowest BCUT2D eigenvalue weighted by atomic mass is 10.1. The molecule has 6 heteroatoms. The van der Waals surface area contributed by atoms with Crippen molar-refractivity contribution in [1.82, 2.24) is 0 Å². The minimum Gasteiger partial charge on any atom is -0.480 e. The first-order valence-corrected chi connectivity index (χ1v) is 6.39. The zero-order chi connectivity index (χ0) is 16.1. The largest absolute Gasteiger partial charge is 0.480 e. The van der Waals surface area contributed by atoms with Crippen molar-refractivity contribution in [1.29, 1.82) is 0 Å². The van der Waals surface area contributed by atoms with Crippen LogP contribution in [0.5, 0.6) is 0 Å². The highest BCUT2D eigenvalue weighted by molar-refractivity contribution is 5.72. The Hall–Kier alpha value is -0.950. The fraction of sp³-hybridized carbons (Fsp3) is 0.769. The third-order valence-electron chi connectivity index (χ3n) is 1.56. The summed E-state index contributed by atoms with van der Waals surface area (Å²) in [4.78, 5) is 13.4. The number of nitrogens with two attached hydrogens (primary N) is 1. The number of aliphatic hydroxyl groups excluding tert-OH is 1. The van der Waals surface area contributed by atoms with E-state index in [1.54, 1.807) is 0 Å². The average molecular weight is 285 g/mol. The number of hydrogen-bond acceptors (Lipinski definition) is 5. The number of aliphatic carboxylic acids is 1. The van der Waals surface area contributed by atoms with E-state index in [0.717, 1.165) is 19.3 Å². The van der Waals surface area contributed by atoms with Gasteiger partial charge in [-0.15, -0.1) is 6.58 Å². The van der Waals surface area contributed by atoms with Crippen LogP contribution in [0.25, 0.3) is 0 Å². The van der Waals surface area contributed by atoms with Crippen molar-refractivity contribution in [3.63, 3.8) is 0 Å². The molecule has 0 amide bonds. The van der Waals surface area contributed by atoms with Crippen LogP contribution in [-0.2, 0) is 9.68 Å². The van der Waals surface area contributed by atoms with Gasteiger partial charge in [-0.1, -0.05) is 46.1 Å². The molecule has 0 aliphatic heterocycles. The second-order valence-corrected chi connectivity index (χ2v) is 3.09. The summed E-state index contributed by atoms with van der Waals surface area (Å²) in [5.41, 5.74) is 5.26. The van der Waals surface area contributed by atoms with Crippen molar-refractivity contribution < 1.29 is 28.0 Å². The van der Waals surface area contributed by atoms with Gasteiger partial charge in [0.15, 0.2) is 0 Å². The van der Waals surface area contributed by atoms with Crippen LogP contribution in [0.1, 0.15) is 49.3 Å². The Bertz CT molecular complexity index is 175. The van der Waals surface area contributed by atoms with Gasteiger partial charge in [-0.25, -0.2) is 4.89 Å². The number of rotatable bonds is 6. The van der Waals surface area contributed by atoms with E-state index in [2.05, 4.69) is 18.4 Å². The zero-order valence-electron chi connectivity index (χ0n) is 12.6. The topological polar surface area (TPSA) is 113 Å². The molecule has 0 aliphatic rings. The maximum atomic E-state index is 10.2. The molecule has 6 nitrogen and oxygen atoms in total. The van der Waals surface area contributed by atoms with Gasteiger partial charge in [0, 0.05) is 2.85 Å². The second kappa shape index (κ2) is 30.2. The maximum absolute atomic E-state index is 10.2. The van der Waals surface area contributed by atoms with Gasteiger partial charge < -0.3 is 15.9 Å². The third kappa shape index (κ3) is 47.2. The summed E-state index contributed by atoms with van der Waals surface area (Å²) in [6.45, 7) is 9.39. The highest BCUT2D eigenvalue weighted by Gasteiger charge is 2.09. The van der Waals surface area contributed by atoms with Crippen molar-refractivity contribution in [3.05, 3.63) is 12.7 Å². The van der Waals surface area contributed by atoms with Gasteiger partial charge >= 0.3 is 5.97 Å². The molecule has 0 aromatic carbocycles. The minimum absolute atomic E-state index is 0. The van der Waals surface area contributed by atoms with Crippen LogP contribution >= 0.6 is 0 Å². The SMILES string of the molecule is C=CCO.CC.CCCCC[C@H](N)C(=O)O.COO.[HH].[HH]. The van der Waals surface area contributed by atoms with Crippen molar-refractivity contribution in [2.45, 2.75) is 52.5 Å². The predicted octanol–water partition coefficient (Wildman–Crippen LogP) is 2.77. The van der Waals surface area contributed by atoms with E-state index in [-0.39, 0.29) is 9.46 Å². The fourth-order valence-electron chi connectivity index (χ4n) is 0.738. The summed E-state index contributed by atoms with van der Waals surface area (Å²) in [7, 11) is 1.18. The Morgan fingerprint density at radius 1 is 1.47 bits per heavy atom. The van der Waals surface area contributed by atoms with Crippen LogP contribution in [0, 0.1) is 0 Å². The van der Waals surface area contributed by atoms with E-state index < -0.39 is 12.0 Å². The molecule has 19 heavy (non-hydrogen) atoms. The van der Waals surface area contributed by atoms with Gasteiger partial charge in [-0.3, -0.25) is 10.1 Å². The van der Waals surface area contributed by atoms with Gasteiger partial charge in [0.2, 0.25) is 0 Å². The van der Waals surface area contributed by atoms with E-state index in [1.165, 1.54) is 13.2 Å². The van der Waals surface area contributed by atoms with Crippen LogP contribution < -0.4 is 5.73 Å². The first-order valence-electron chi connectivity index (χ1n) is 6.39. The second-order valence-electron chi connectivity index (χ2n) is 3.09. The van der Waals surface area contributed by atoms with Crippen LogP contribution in [-0.4, -0.2) is 41.2 Å². The molecule has 0 heterocycles. The standard InChI is InChI=1S/C7H15NO2.C3H6O.C2H6.CH4O2.2H2/c1-2-3-4-5-6(8)7(9)10;1-2-3-4;1-2;1-3-2;;/h6H,2-5,8H2,1H3,(H,9,10);2,4H,1,3H2;1-2H3;2H,1H3;2*1H/t6-;;;;;/m0...../s1. The zero-order valence-corrected chi connectivity index (χ0v) is 12.6. The Morgan fingerprint density at radius 2 is 1.84 bits per heavy atom.